The second-order valence-corrected chi connectivity index (χ2v) is 10.9. The molecule has 0 bridgehead atoms. The minimum absolute atomic E-state index is 0.117. The Hall–Kier alpha value is -4.89. The first-order valence-electron chi connectivity index (χ1n) is 13.1. The molecular weight excluding hydrogens is 536 g/mol. The van der Waals surface area contributed by atoms with Gasteiger partial charge in [0.25, 0.3) is 11.8 Å². The SMILES string of the molecule is COc1cccc(C(=O)N(Cc2cccnc2)C2CC(=O)N(c3ccc(-c4nc5ccc(C)cc5s4)cc3)C2=O)c1. The van der Waals surface area contributed by atoms with Crippen LogP contribution in [0, 0.1) is 6.92 Å². The molecule has 0 radical (unpaired) electrons. The molecule has 1 aliphatic heterocycles. The summed E-state index contributed by atoms with van der Waals surface area (Å²) < 4.78 is 6.39. The van der Waals surface area contributed by atoms with Crippen molar-refractivity contribution in [1.29, 1.82) is 0 Å². The minimum Gasteiger partial charge on any atom is -0.497 e. The maximum Gasteiger partial charge on any atom is 0.257 e. The zero-order chi connectivity index (χ0) is 28.5. The summed E-state index contributed by atoms with van der Waals surface area (Å²) in [5, 5.41) is 0.862. The molecule has 3 heterocycles. The number of carbonyl (C=O) groups is 3. The number of ether oxygens (including phenoxy) is 1. The van der Waals surface area contributed by atoms with Crippen LogP contribution in [0.5, 0.6) is 5.75 Å². The van der Waals surface area contributed by atoms with E-state index < -0.39 is 11.9 Å². The summed E-state index contributed by atoms with van der Waals surface area (Å²) in [6, 6.07) is 22.8. The fourth-order valence-electron chi connectivity index (χ4n) is 4.97. The van der Waals surface area contributed by atoms with E-state index in [1.807, 2.05) is 37.3 Å². The van der Waals surface area contributed by atoms with Gasteiger partial charge in [-0.25, -0.2) is 9.88 Å². The zero-order valence-corrected chi connectivity index (χ0v) is 23.3. The van der Waals surface area contributed by atoms with E-state index in [0.29, 0.717) is 17.0 Å². The summed E-state index contributed by atoms with van der Waals surface area (Å²) in [7, 11) is 1.52. The first kappa shape index (κ1) is 26.3. The number of nitrogens with zero attached hydrogens (tertiary/aromatic N) is 4. The van der Waals surface area contributed by atoms with Crippen molar-refractivity contribution >= 4 is 45.0 Å². The Kier molecular flexibility index (Phi) is 7.03. The number of fused-ring (bicyclic) bond motifs is 1. The van der Waals surface area contributed by atoms with Crippen LogP contribution < -0.4 is 9.64 Å². The van der Waals surface area contributed by atoms with Crippen LogP contribution in [-0.4, -0.2) is 45.7 Å². The normalized spacial score (nSPS) is 15.0. The van der Waals surface area contributed by atoms with Gasteiger partial charge in [-0.3, -0.25) is 19.4 Å². The van der Waals surface area contributed by atoms with Gasteiger partial charge in [0.05, 0.1) is 29.4 Å². The smallest absolute Gasteiger partial charge is 0.257 e. The molecule has 1 unspecified atom stereocenters. The van der Waals surface area contributed by atoms with Crippen LogP contribution in [0.1, 0.15) is 27.9 Å². The summed E-state index contributed by atoms with van der Waals surface area (Å²) in [5.41, 5.74) is 4.57. The molecule has 3 aromatic carbocycles. The molecule has 2 aromatic heterocycles. The molecule has 8 nitrogen and oxygen atoms in total. The fourth-order valence-corrected chi connectivity index (χ4v) is 6.04. The third-order valence-electron chi connectivity index (χ3n) is 7.07. The second kappa shape index (κ2) is 10.9. The van der Waals surface area contributed by atoms with Crippen LogP contribution in [0.25, 0.3) is 20.8 Å². The molecule has 0 aliphatic carbocycles. The van der Waals surface area contributed by atoms with Gasteiger partial charge in [0.2, 0.25) is 5.91 Å². The number of benzene rings is 3. The molecule has 41 heavy (non-hydrogen) atoms. The number of amides is 3. The van der Waals surface area contributed by atoms with Gasteiger partial charge in [0.15, 0.2) is 0 Å². The second-order valence-electron chi connectivity index (χ2n) is 9.85. The highest BCUT2D eigenvalue weighted by Crippen LogP contribution is 2.33. The maximum absolute atomic E-state index is 13.8. The number of rotatable bonds is 7. The molecule has 1 aliphatic rings. The minimum atomic E-state index is -0.964. The Morgan fingerprint density at radius 3 is 2.63 bits per heavy atom. The number of imide groups is 1. The molecule has 1 atom stereocenters. The standard InChI is InChI=1S/C32H26N4O4S/c1-20-8-13-26-28(15-20)41-30(34-26)22-9-11-24(12-10-22)36-29(37)17-27(32(36)39)35(19-21-5-4-14-33-18-21)31(38)23-6-3-7-25(16-23)40-2/h3-16,18,27H,17,19H2,1-2H3. The molecule has 5 aromatic rings. The topological polar surface area (TPSA) is 92.7 Å². The lowest BCUT2D eigenvalue weighted by atomic mass is 10.1. The highest BCUT2D eigenvalue weighted by molar-refractivity contribution is 7.21. The van der Waals surface area contributed by atoms with Crippen molar-refractivity contribution in [3.05, 3.63) is 108 Å². The summed E-state index contributed by atoms with van der Waals surface area (Å²) >= 11 is 1.60. The van der Waals surface area contributed by atoms with Gasteiger partial charge in [-0.15, -0.1) is 11.3 Å². The summed E-state index contributed by atoms with van der Waals surface area (Å²) in [6.45, 7) is 2.17. The molecule has 9 heteroatoms. The van der Waals surface area contributed by atoms with Crippen molar-refractivity contribution in [2.24, 2.45) is 0 Å². The lowest BCUT2D eigenvalue weighted by Gasteiger charge is -2.28. The van der Waals surface area contributed by atoms with Crippen LogP contribution in [0.3, 0.4) is 0 Å². The number of carbonyl (C=O) groups excluding carboxylic acids is 3. The van der Waals surface area contributed by atoms with Crippen LogP contribution in [-0.2, 0) is 16.1 Å². The fraction of sp³-hybridized carbons (Fsp3) is 0.156. The average molecular weight is 563 g/mol. The van der Waals surface area contributed by atoms with E-state index >= 15 is 0 Å². The predicted molar refractivity (Wildman–Crippen MR) is 158 cm³/mol. The number of aryl methyl sites for hydroxylation is 1. The van der Waals surface area contributed by atoms with Gasteiger partial charge in [0.1, 0.15) is 16.8 Å². The van der Waals surface area contributed by atoms with Gasteiger partial charge in [-0.2, -0.15) is 0 Å². The third-order valence-corrected chi connectivity index (χ3v) is 8.14. The van der Waals surface area contributed by atoms with Gasteiger partial charge < -0.3 is 9.64 Å². The molecule has 1 fully saturated rings. The summed E-state index contributed by atoms with van der Waals surface area (Å²) in [6.07, 6.45) is 3.17. The molecule has 0 N–H and O–H groups in total. The Labute approximate surface area is 240 Å². The van der Waals surface area contributed by atoms with E-state index in [1.165, 1.54) is 22.5 Å². The number of methoxy groups -OCH3 is 1. The lowest BCUT2D eigenvalue weighted by Crippen LogP contribution is -2.45. The van der Waals surface area contributed by atoms with E-state index in [-0.39, 0.29) is 24.8 Å². The Morgan fingerprint density at radius 1 is 1.05 bits per heavy atom. The maximum atomic E-state index is 13.8. The number of anilines is 1. The van der Waals surface area contributed by atoms with Crippen molar-refractivity contribution in [3.8, 4) is 16.3 Å². The Morgan fingerprint density at radius 2 is 1.88 bits per heavy atom. The molecule has 1 saturated heterocycles. The lowest BCUT2D eigenvalue weighted by molar-refractivity contribution is -0.122. The summed E-state index contributed by atoms with van der Waals surface area (Å²) in [5.74, 6) is -0.658. The summed E-state index contributed by atoms with van der Waals surface area (Å²) in [4.78, 5) is 52.3. The van der Waals surface area contributed by atoms with E-state index in [0.717, 1.165) is 26.4 Å². The predicted octanol–water partition coefficient (Wildman–Crippen LogP) is 5.65. The number of aromatic nitrogens is 2. The Bertz CT molecular complexity index is 1770. The average Bonchev–Trinajstić information content (AvgIpc) is 3.55. The highest BCUT2D eigenvalue weighted by atomic mass is 32.1. The number of thiazole rings is 1. The van der Waals surface area contributed by atoms with Crippen LogP contribution in [0.15, 0.2) is 91.3 Å². The van der Waals surface area contributed by atoms with Crippen LogP contribution >= 0.6 is 11.3 Å². The van der Waals surface area contributed by atoms with Gasteiger partial charge in [0, 0.05) is 30.1 Å². The number of hydrogen-bond acceptors (Lipinski definition) is 7. The molecular formula is C32H26N4O4S. The van der Waals surface area contributed by atoms with Crippen molar-refractivity contribution < 1.29 is 19.1 Å². The van der Waals surface area contributed by atoms with Gasteiger partial charge in [-0.05, 0) is 78.7 Å². The first-order valence-corrected chi connectivity index (χ1v) is 13.9. The van der Waals surface area contributed by atoms with E-state index in [2.05, 4.69) is 11.1 Å². The van der Waals surface area contributed by atoms with Crippen molar-refractivity contribution in [2.45, 2.75) is 25.9 Å². The largest absolute Gasteiger partial charge is 0.497 e. The quantitative estimate of drug-likeness (QED) is 0.238. The highest BCUT2D eigenvalue weighted by Gasteiger charge is 2.44. The van der Waals surface area contributed by atoms with Gasteiger partial charge in [-0.1, -0.05) is 18.2 Å². The van der Waals surface area contributed by atoms with E-state index in [1.54, 1.807) is 66.2 Å². The molecule has 6 rings (SSSR count). The molecule has 204 valence electrons. The monoisotopic (exact) mass is 562 g/mol. The first-order chi connectivity index (χ1) is 19.9. The van der Waals surface area contributed by atoms with Crippen molar-refractivity contribution in [2.75, 3.05) is 12.0 Å². The molecule has 0 saturated carbocycles. The van der Waals surface area contributed by atoms with Gasteiger partial charge >= 0.3 is 0 Å². The number of hydrogen-bond donors (Lipinski definition) is 0. The third kappa shape index (κ3) is 5.19. The van der Waals surface area contributed by atoms with E-state index in [9.17, 15) is 14.4 Å². The van der Waals surface area contributed by atoms with Crippen LogP contribution in [0.4, 0.5) is 5.69 Å². The molecule has 0 spiro atoms. The zero-order valence-electron chi connectivity index (χ0n) is 22.5. The van der Waals surface area contributed by atoms with E-state index in [4.69, 9.17) is 9.72 Å². The van der Waals surface area contributed by atoms with Crippen molar-refractivity contribution in [3.63, 3.8) is 0 Å². The van der Waals surface area contributed by atoms with Crippen LogP contribution in [0.2, 0.25) is 0 Å². The number of pyridine rings is 1. The Balaban J connectivity index is 1.29. The van der Waals surface area contributed by atoms with Crippen molar-refractivity contribution in [1.82, 2.24) is 14.9 Å². The molecule has 3 amide bonds.